The minimum atomic E-state index is 0.235. The summed E-state index contributed by atoms with van der Waals surface area (Å²) in [6, 6.07) is 30.5. The molecule has 1 aliphatic heterocycles. The minimum Gasteiger partial charge on any atom is -0.489 e. The Morgan fingerprint density at radius 1 is 0.825 bits per heavy atom. The number of carbonyl (C=O) groups excluding carboxylic acids is 1. The van der Waals surface area contributed by atoms with Crippen LogP contribution in [0.5, 0.6) is 5.75 Å². The van der Waals surface area contributed by atoms with Crippen LogP contribution in [0.25, 0.3) is 11.1 Å². The Kier molecular flexibility index (Phi) is 9.41. The summed E-state index contributed by atoms with van der Waals surface area (Å²) in [4.78, 5) is 19.3. The Bertz CT molecular complexity index is 1370. The van der Waals surface area contributed by atoms with Crippen molar-refractivity contribution in [2.45, 2.75) is 77.6 Å². The lowest BCUT2D eigenvalue weighted by molar-refractivity contribution is -0.118. The maximum atomic E-state index is 12.5. The number of carbonyl (C=O) groups is 1. The van der Waals surface area contributed by atoms with E-state index in [1.54, 1.807) is 6.20 Å². The van der Waals surface area contributed by atoms with Crippen molar-refractivity contribution in [3.63, 3.8) is 0 Å². The number of likely N-dealkylation sites (tertiary alicyclic amines) is 1. The van der Waals surface area contributed by atoms with Gasteiger partial charge in [0.1, 0.15) is 18.1 Å². The van der Waals surface area contributed by atoms with E-state index in [2.05, 4.69) is 72.3 Å². The number of Topliss-reactive ketones (excluding diaryl/α,β-unsaturated/α-hetero) is 1. The first-order chi connectivity index (χ1) is 19.6. The van der Waals surface area contributed by atoms with E-state index in [4.69, 9.17) is 4.74 Å². The quantitative estimate of drug-likeness (QED) is 0.197. The molecular weight excluding hydrogens is 492 g/mol. The van der Waals surface area contributed by atoms with Crippen LogP contribution in [0.3, 0.4) is 0 Å². The highest BCUT2D eigenvalue weighted by Gasteiger charge is 2.25. The lowest BCUT2D eigenvalue weighted by atomic mass is 9.92. The maximum absolute atomic E-state index is 12.5. The second-order valence-electron chi connectivity index (χ2n) is 11.1. The molecule has 4 nitrogen and oxygen atoms in total. The van der Waals surface area contributed by atoms with E-state index < -0.39 is 0 Å². The molecule has 1 saturated heterocycles. The smallest absolute Gasteiger partial charge is 0.137 e. The van der Waals surface area contributed by atoms with Gasteiger partial charge < -0.3 is 4.74 Å². The first kappa shape index (κ1) is 27.8. The summed E-state index contributed by atoms with van der Waals surface area (Å²) in [5.41, 5.74) is 7.16. The van der Waals surface area contributed by atoms with Gasteiger partial charge in [-0.25, -0.2) is 0 Å². The van der Waals surface area contributed by atoms with E-state index in [1.807, 2.05) is 42.6 Å². The molecule has 1 aliphatic rings. The van der Waals surface area contributed by atoms with Crippen molar-refractivity contribution in [2.75, 3.05) is 0 Å². The molecular formula is C36H40N2O2. The molecule has 0 aliphatic carbocycles. The standard InChI is InChI=1S/C36H40N2O2/c1-27-9-7-10-28(2)38(27)25-31-12-3-5-14-35(31)36-15-6-4-13-32(36)26-40-34-20-17-29(18-21-34)23-33(39)19-16-30-11-8-22-37-24-30/h3-6,8,11-15,17-18,20-22,24,27-28H,7,9-10,16,19,23,25-26H2,1-2H3. The monoisotopic (exact) mass is 532 g/mol. The number of hydrogen-bond donors (Lipinski definition) is 0. The van der Waals surface area contributed by atoms with Crippen LogP contribution in [0, 0.1) is 0 Å². The molecule has 5 rings (SSSR count). The number of ketones is 1. The van der Waals surface area contributed by atoms with Crippen LogP contribution in [-0.2, 0) is 30.8 Å². The van der Waals surface area contributed by atoms with Gasteiger partial charge in [-0.3, -0.25) is 14.7 Å². The van der Waals surface area contributed by atoms with Gasteiger partial charge in [0.2, 0.25) is 0 Å². The molecule has 40 heavy (non-hydrogen) atoms. The third-order valence-corrected chi connectivity index (χ3v) is 8.19. The van der Waals surface area contributed by atoms with E-state index in [0.29, 0.717) is 31.5 Å². The van der Waals surface area contributed by atoms with Crippen molar-refractivity contribution < 1.29 is 9.53 Å². The largest absolute Gasteiger partial charge is 0.489 e. The summed E-state index contributed by atoms with van der Waals surface area (Å²) in [7, 11) is 0. The Labute approximate surface area is 239 Å². The second kappa shape index (κ2) is 13.5. The number of rotatable bonds is 11. The number of ether oxygens (including phenoxy) is 1. The predicted molar refractivity (Wildman–Crippen MR) is 162 cm³/mol. The summed E-state index contributed by atoms with van der Waals surface area (Å²) < 4.78 is 6.24. The number of nitrogens with zero attached hydrogens (tertiary/aromatic N) is 2. The zero-order valence-corrected chi connectivity index (χ0v) is 23.8. The van der Waals surface area contributed by atoms with Gasteiger partial charge >= 0.3 is 0 Å². The highest BCUT2D eigenvalue weighted by Crippen LogP contribution is 2.32. The molecule has 1 fully saturated rings. The fourth-order valence-corrected chi connectivity index (χ4v) is 5.82. The molecule has 2 heterocycles. The molecule has 0 bridgehead atoms. The van der Waals surface area contributed by atoms with Gasteiger partial charge in [0.15, 0.2) is 0 Å². The van der Waals surface area contributed by atoms with E-state index in [-0.39, 0.29) is 5.78 Å². The third-order valence-electron chi connectivity index (χ3n) is 8.19. The highest BCUT2D eigenvalue weighted by molar-refractivity contribution is 5.81. The van der Waals surface area contributed by atoms with E-state index >= 15 is 0 Å². The van der Waals surface area contributed by atoms with Crippen LogP contribution < -0.4 is 4.74 Å². The Morgan fingerprint density at radius 2 is 1.50 bits per heavy atom. The summed E-state index contributed by atoms with van der Waals surface area (Å²) >= 11 is 0. The molecule has 2 atom stereocenters. The van der Waals surface area contributed by atoms with Crippen molar-refractivity contribution in [1.29, 1.82) is 0 Å². The van der Waals surface area contributed by atoms with Gasteiger partial charge in [-0.15, -0.1) is 0 Å². The number of benzene rings is 3. The van der Waals surface area contributed by atoms with Crippen LogP contribution in [0.4, 0.5) is 0 Å². The van der Waals surface area contributed by atoms with Gasteiger partial charge in [0, 0.05) is 43.9 Å². The molecule has 0 radical (unpaired) electrons. The fraction of sp³-hybridized carbons (Fsp3) is 0.333. The van der Waals surface area contributed by atoms with Gasteiger partial charge in [0.25, 0.3) is 0 Å². The number of piperidine rings is 1. The molecule has 4 heteroatoms. The molecule has 206 valence electrons. The van der Waals surface area contributed by atoms with E-state index in [1.165, 1.54) is 41.5 Å². The lowest BCUT2D eigenvalue weighted by Crippen LogP contribution is -2.43. The zero-order valence-electron chi connectivity index (χ0n) is 23.8. The summed E-state index contributed by atoms with van der Waals surface area (Å²) in [6.07, 6.45) is 9.14. The van der Waals surface area contributed by atoms with Crippen LogP contribution in [0.15, 0.2) is 97.3 Å². The first-order valence-corrected chi connectivity index (χ1v) is 14.6. The van der Waals surface area contributed by atoms with Gasteiger partial charge in [0.05, 0.1) is 0 Å². The summed E-state index contributed by atoms with van der Waals surface area (Å²) in [5.74, 6) is 1.05. The molecule has 0 saturated carbocycles. The topological polar surface area (TPSA) is 42.4 Å². The molecule has 1 aromatic heterocycles. The minimum absolute atomic E-state index is 0.235. The maximum Gasteiger partial charge on any atom is 0.137 e. The lowest BCUT2D eigenvalue weighted by Gasteiger charge is -2.39. The van der Waals surface area contributed by atoms with E-state index in [9.17, 15) is 4.79 Å². The number of aryl methyl sites for hydroxylation is 1. The third kappa shape index (κ3) is 7.25. The number of pyridine rings is 1. The Morgan fingerprint density at radius 3 is 2.20 bits per heavy atom. The normalized spacial score (nSPS) is 17.4. The van der Waals surface area contributed by atoms with Crippen molar-refractivity contribution in [3.05, 3.63) is 120 Å². The Hall–Kier alpha value is -3.76. The molecule has 2 unspecified atom stereocenters. The van der Waals surface area contributed by atoms with Crippen molar-refractivity contribution in [2.24, 2.45) is 0 Å². The predicted octanol–water partition coefficient (Wildman–Crippen LogP) is 7.83. The molecule has 3 aromatic carbocycles. The Balaban J connectivity index is 1.22. The van der Waals surface area contributed by atoms with Gasteiger partial charge in [-0.1, -0.05) is 73.2 Å². The van der Waals surface area contributed by atoms with Crippen molar-refractivity contribution in [1.82, 2.24) is 9.88 Å². The zero-order chi connectivity index (χ0) is 27.7. The SMILES string of the molecule is CC1CCCC(C)N1Cc1ccccc1-c1ccccc1COc1ccc(CC(=O)CCc2cccnc2)cc1. The summed E-state index contributed by atoms with van der Waals surface area (Å²) in [6.45, 7) is 6.19. The van der Waals surface area contributed by atoms with Crippen molar-refractivity contribution >= 4 is 5.78 Å². The molecule has 0 spiro atoms. The van der Waals surface area contributed by atoms with Crippen LogP contribution in [0.2, 0.25) is 0 Å². The molecule has 4 aromatic rings. The van der Waals surface area contributed by atoms with Gasteiger partial charge in [-0.05, 0) is 84.7 Å². The van der Waals surface area contributed by atoms with Gasteiger partial charge in [-0.2, -0.15) is 0 Å². The number of hydrogen-bond acceptors (Lipinski definition) is 4. The highest BCUT2D eigenvalue weighted by atomic mass is 16.5. The summed E-state index contributed by atoms with van der Waals surface area (Å²) in [5, 5.41) is 0. The fourth-order valence-electron chi connectivity index (χ4n) is 5.82. The molecule has 0 N–H and O–H groups in total. The van der Waals surface area contributed by atoms with Crippen LogP contribution >= 0.6 is 0 Å². The van der Waals surface area contributed by atoms with E-state index in [0.717, 1.165) is 29.8 Å². The number of aromatic nitrogens is 1. The average Bonchev–Trinajstić information content (AvgIpc) is 2.99. The second-order valence-corrected chi connectivity index (χ2v) is 11.1. The van der Waals surface area contributed by atoms with Crippen LogP contribution in [0.1, 0.15) is 61.8 Å². The first-order valence-electron chi connectivity index (χ1n) is 14.6. The molecule has 0 amide bonds. The van der Waals surface area contributed by atoms with Crippen LogP contribution in [-0.4, -0.2) is 27.8 Å². The average molecular weight is 533 g/mol. The van der Waals surface area contributed by atoms with Crippen molar-refractivity contribution in [3.8, 4) is 16.9 Å².